The van der Waals surface area contributed by atoms with Crippen LogP contribution >= 0.6 is 15.9 Å². The Labute approximate surface area is 108 Å². The average molecular weight is 294 g/mol. The number of hydrogen-bond acceptors (Lipinski definition) is 4. The van der Waals surface area contributed by atoms with Crippen LogP contribution in [0, 0.1) is 5.41 Å². The van der Waals surface area contributed by atoms with E-state index in [0.29, 0.717) is 0 Å². The van der Waals surface area contributed by atoms with E-state index in [1.54, 1.807) is 12.4 Å². The third kappa shape index (κ3) is 4.20. The second-order valence-corrected chi connectivity index (χ2v) is 3.67. The van der Waals surface area contributed by atoms with E-state index in [9.17, 15) is 0 Å². The van der Waals surface area contributed by atoms with Gasteiger partial charge in [0.2, 0.25) is 0 Å². The van der Waals surface area contributed by atoms with Crippen LogP contribution in [-0.4, -0.2) is 18.8 Å². The number of hydrazone groups is 2. The molecular formula is C11H12BrN5. The minimum Gasteiger partial charge on any atom is -0.290 e. The highest BCUT2D eigenvalue weighted by Crippen LogP contribution is 2.18. The van der Waals surface area contributed by atoms with Crippen LogP contribution in [0.15, 0.2) is 45.7 Å². The van der Waals surface area contributed by atoms with E-state index in [2.05, 4.69) is 43.6 Å². The largest absolute Gasteiger partial charge is 0.290 e. The first-order chi connectivity index (χ1) is 8.29. The summed E-state index contributed by atoms with van der Waals surface area (Å²) in [6, 6.07) is 5.71. The van der Waals surface area contributed by atoms with Gasteiger partial charge in [-0.3, -0.25) is 16.3 Å². The van der Waals surface area contributed by atoms with E-state index in [1.165, 1.54) is 6.20 Å². The lowest BCUT2D eigenvalue weighted by Crippen LogP contribution is -2.01. The van der Waals surface area contributed by atoms with Gasteiger partial charge in [0.05, 0.1) is 18.8 Å². The molecule has 0 spiro atoms. The molecule has 1 aromatic rings. The molecule has 0 fully saturated rings. The van der Waals surface area contributed by atoms with E-state index in [-0.39, 0.29) is 0 Å². The van der Waals surface area contributed by atoms with E-state index in [1.807, 2.05) is 18.2 Å². The van der Waals surface area contributed by atoms with Gasteiger partial charge in [-0.1, -0.05) is 24.8 Å². The van der Waals surface area contributed by atoms with Crippen molar-refractivity contribution in [1.82, 2.24) is 10.9 Å². The molecule has 0 amide bonds. The fourth-order valence-corrected chi connectivity index (χ4v) is 1.54. The molecule has 0 aliphatic rings. The zero-order valence-corrected chi connectivity index (χ0v) is 10.6. The maximum atomic E-state index is 6.78. The van der Waals surface area contributed by atoms with E-state index in [4.69, 9.17) is 5.41 Å². The van der Waals surface area contributed by atoms with Gasteiger partial charge >= 0.3 is 0 Å². The molecule has 0 unspecified atom stereocenters. The number of nitrogens with one attached hydrogen (secondary N) is 3. The summed E-state index contributed by atoms with van der Waals surface area (Å²) in [6.45, 7) is 3.49. The molecule has 0 atom stereocenters. The van der Waals surface area contributed by atoms with Gasteiger partial charge in [-0.25, -0.2) is 0 Å². The molecule has 6 heteroatoms. The molecule has 1 aromatic carbocycles. The first-order valence-electron chi connectivity index (χ1n) is 4.75. The second-order valence-electron chi connectivity index (χ2n) is 2.87. The third-order valence-corrected chi connectivity index (χ3v) is 2.69. The lowest BCUT2D eigenvalue weighted by atomic mass is 10.1. The van der Waals surface area contributed by atoms with Gasteiger partial charge in [-0.15, -0.1) is 0 Å². The number of halogens is 1. The molecule has 3 N–H and O–H groups in total. The molecular weight excluding hydrogens is 282 g/mol. The second kappa shape index (κ2) is 7.34. The summed E-state index contributed by atoms with van der Waals surface area (Å²) in [4.78, 5) is 0. The van der Waals surface area contributed by atoms with Crippen molar-refractivity contribution < 1.29 is 0 Å². The topological polar surface area (TPSA) is 72.6 Å². The fraction of sp³-hybridized carbons (Fsp3) is 0. The molecule has 5 nitrogen and oxygen atoms in total. The van der Waals surface area contributed by atoms with Crippen LogP contribution in [0.25, 0.3) is 0 Å². The molecule has 0 bridgehead atoms. The quantitative estimate of drug-likeness (QED) is 0.427. The Kier molecular flexibility index (Phi) is 5.67. The minimum absolute atomic E-state index is 0.880. The predicted octanol–water partition coefficient (Wildman–Crippen LogP) is 2.05. The molecule has 88 valence electrons. The zero-order valence-electron chi connectivity index (χ0n) is 9.02. The molecule has 17 heavy (non-hydrogen) atoms. The van der Waals surface area contributed by atoms with Crippen molar-refractivity contribution in [1.29, 1.82) is 5.41 Å². The number of nitrogens with zero attached hydrogens (tertiary/aromatic N) is 2. The monoisotopic (exact) mass is 293 g/mol. The van der Waals surface area contributed by atoms with Gasteiger partial charge < -0.3 is 0 Å². The van der Waals surface area contributed by atoms with Gasteiger partial charge in [0.25, 0.3) is 0 Å². The summed E-state index contributed by atoms with van der Waals surface area (Å²) in [5.74, 6) is 0. The Morgan fingerprint density at radius 2 is 1.76 bits per heavy atom. The SMILES string of the molecule is C=CN/N=C/c1cccc(/C=N/NC=N)c1Br. The molecule has 0 radical (unpaired) electrons. The molecule has 0 saturated heterocycles. The van der Waals surface area contributed by atoms with Gasteiger partial charge in [-0.05, 0) is 15.9 Å². The number of benzene rings is 1. The van der Waals surface area contributed by atoms with Crippen molar-refractivity contribution in [3.63, 3.8) is 0 Å². The molecule has 0 heterocycles. The van der Waals surface area contributed by atoms with Crippen molar-refractivity contribution in [3.8, 4) is 0 Å². The van der Waals surface area contributed by atoms with Crippen molar-refractivity contribution in [2.24, 2.45) is 10.2 Å². The average Bonchev–Trinajstić information content (AvgIpc) is 2.34. The van der Waals surface area contributed by atoms with Gasteiger partial charge in [0.15, 0.2) is 0 Å². The minimum atomic E-state index is 0.880. The van der Waals surface area contributed by atoms with Crippen molar-refractivity contribution in [2.45, 2.75) is 0 Å². The van der Waals surface area contributed by atoms with Gasteiger partial charge in [0.1, 0.15) is 0 Å². The fourth-order valence-electron chi connectivity index (χ4n) is 1.07. The first kappa shape index (κ1) is 13.1. The summed E-state index contributed by atoms with van der Waals surface area (Å²) < 4.78 is 0.880. The van der Waals surface area contributed by atoms with Crippen molar-refractivity contribution in [3.05, 3.63) is 46.6 Å². The third-order valence-electron chi connectivity index (χ3n) is 1.77. The van der Waals surface area contributed by atoms with E-state index in [0.717, 1.165) is 21.9 Å². The molecule has 0 aliphatic heterocycles. The summed E-state index contributed by atoms with van der Waals surface area (Å²) in [5, 5.41) is 14.5. The normalized spacial score (nSPS) is 10.6. The smallest absolute Gasteiger partial charge is 0.0998 e. The van der Waals surface area contributed by atoms with Crippen molar-refractivity contribution >= 4 is 34.7 Å². The van der Waals surface area contributed by atoms with Crippen LogP contribution < -0.4 is 10.9 Å². The van der Waals surface area contributed by atoms with Crippen molar-refractivity contribution in [2.75, 3.05) is 0 Å². The Hall–Kier alpha value is -1.95. The summed E-state index contributed by atoms with van der Waals surface area (Å²) in [5.41, 5.74) is 6.86. The molecule has 1 rings (SSSR count). The molecule has 0 aliphatic carbocycles. The van der Waals surface area contributed by atoms with Gasteiger partial charge in [-0.2, -0.15) is 10.2 Å². The highest BCUT2D eigenvalue weighted by molar-refractivity contribution is 9.10. The predicted molar refractivity (Wildman–Crippen MR) is 74.6 cm³/mol. The zero-order chi connectivity index (χ0) is 12.5. The van der Waals surface area contributed by atoms with Crippen LogP contribution in [0.2, 0.25) is 0 Å². The lowest BCUT2D eigenvalue weighted by Gasteiger charge is -2.01. The first-order valence-corrected chi connectivity index (χ1v) is 5.54. The maximum Gasteiger partial charge on any atom is 0.0998 e. The number of hydrogen-bond donors (Lipinski definition) is 3. The Morgan fingerprint density at radius 3 is 2.29 bits per heavy atom. The highest BCUT2D eigenvalue weighted by Gasteiger charge is 2.01. The number of rotatable bonds is 6. The van der Waals surface area contributed by atoms with Crippen LogP contribution in [0.5, 0.6) is 0 Å². The highest BCUT2D eigenvalue weighted by atomic mass is 79.9. The standard InChI is InChI=1S/C11H12BrN5/c1-2-14-15-6-9-4-3-5-10(11(9)12)7-16-17-8-13/h2-8,14H,1H2,(H2,13,17)/b15-6+,16-7+. The summed E-state index contributed by atoms with van der Waals surface area (Å²) in [7, 11) is 0. The Bertz CT molecular complexity index is 415. The lowest BCUT2D eigenvalue weighted by molar-refractivity contribution is 0.979. The van der Waals surface area contributed by atoms with E-state index < -0.39 is 0 Å². The van der Waals surface area contributed by atoms with E-state index >= 15 is 0 Å². The summed E-state index contributed by atoms with van der Waals surface area (Å²) >= 11 is 3.46. The van der Waals surface area contributed by atoms with Crippen LogP contribution in [0.3, 0.4) is 0 Å². The summed E-state index contributed by atoms with van der Waals surface area (Å²) in [6.07, 6.45) is 5.79. The maximum absolute atomic E-state index is 6.78. The molecule has 0 aromatic heterocycles. The van der Waals surface area contributed by atoms with Crippen LogP contribution in [0.4, 0.5) is 0 Å². The van der Waals surface area contributed by atoms with Crippen LogP contribution in [-0.2, 0) is 0 Å². The Balaban J connectivity index is 2.90. The Morgan fingerprint density at radius 1 is 1.18 bits per heavy atom. The van der Waals surface area contributed by atoms with Crippen LogP contribution in [0.1, 0.15) is 11.1 Å². The molecule has 0 saturated carbocycles. The van der Waals surface area contributed by atoms with Gasteiger partial charge in [0, 0.05) is 21.8 Å².